The number of nitrogens with zero attached hydrogens (tertiary/aromatic N) is 1. The number of ether oxygens (including phenoxy) is 1. The van der Waals surface area contributed by atoms with Gasteiger partial charge in [0, 0.05) is 10.0 Å². The molecule has 0 aromatic heterocycles. The number of thioether (sulfide) groups is 1. The number of carbonyl (C=O) groups excluding carboxylic acids is 3. The largest absolute Gasteiger partial charge is 0.483 e. The number of imide groups is 1. The predicted molar refractivity (Wildman–Crippen MR) is 138 cm³/mol. The van der Waals surface area contributed by atoms with Crippen LogP contribution in [0.15, 0.2) is 82.2 Å². The van der Waals surface area contributed by atoms with Gasteiger partial charge < -0.3 is 10.1 Å². The molecule has 0 bridgehead atoms. The zero-order chi connectivity index (χ0) is 24.1. The van der Waals surface area contributed by atoms with Gasteiger partial charge in [-0.05, 0) is 53.7 Å². The second-order valence-corrected chi connectivity index (χ2v) is 9.57. The van der Waals surface area contributed by atoms with Gasteiger partial charge in [0.2, 0.25) is 0 Å². The Morgan fingerprint density at radius 1 is 1.06 bits per heavy atom. The van der Waals surface area contributed by atoms with Crippen molar-refractivity contribution in [3.8, 4) is 5.75 Å². The van der Waals surface area contributed by atoms with Gasteiger partial charge in [0.15, 0.2) is 6.61 Å². The Bertz CT molecular complexity index is 1280. The SMILES string of the molecule is O=C(COc1ccc(Br)cc1/C=C1\SC(=O)N(Cc2ccccc2)C1=O)Nc1ccccc1Cl. The minimum Gasteiger partial charge on any atom is -0.483 e. The van der Waals surface area contributed by atoms with E-state index in [1.807, 2.05) is 30.3 Å². The van der Waals surface area contributed by atoms with E-state index in [1.165, 1.54) is 4.90 Å². The van der Waals surface area contributed by atoms with Crippen molar-refractivity contribution < 1.29 is 19.1 Å². The number of amides is 3. The first-order chi connectivity index (χ1) is 16.4. The van der Waals surface area contributed by atoms with Crippen molar-refractivity contribution in [2.75, 3.05) is 11.9 Å². The van der Waals surface area contributed by atoms with Gasteiger partial charge in [0.1, 0.15) is 5.75 Å². The lowest BCUT2D eigenvalue weighted by Crippen LogP contribution is -2.27. The average molecular weight is 558 g/mol. The smallest absolute Gasteiger partial charge is 0.293 e. The van der Waals surface area contributed by atoms with Crippen molar-refractivity contribution in [1.82, 2.24) is 4.90 Å². The molecule has 1 aliphatic rings. The van der Waals surface area contributed by atoms with Gasteiger partial charge in [-0.1, -0.05) is 70.0 Å². The van der Waals surface area contributed by atoms with Crippen LogP contribution in [0.25, 0.3) is 6.08 Å². The summed E-state index contributed by atoms with van der Waals surface area (Å²) < 4.78 is 6.48. The van der Waals surface area contributed by atoms with Crippen molar-refractivity contribution in [1.29, 1.82) is 0 Å². The molecule has 1 aliphatic heterocycles. The molecule has 0 atom stereocenters. The van der Waals surface area contributed by atoms with Gasteiger partial charge in [-0.25, -0.2) is 0 Å². The van der Waals surface area contributed by atoms with E-state index in [2.05, 4.69) is 21.2 Å². The maximum Gasteiger partial charge on any atom is 0.293 e. The Kier molecular flexibility index (Phi) is 7.72. The quantitative estimate of drug-likeness (QED) is 0.342. The maximum absolute atomic E-state index is 12.9. The summed E-state index contributed by atoms with van der Waals surface area (Å²) in [6.45, 7) is -0.0594. The van der Waals surface area contributed by atoms with Crippen LogP contribution in [0.2, 0.25) is 5.02 Å². The Morgan fingerprint density at radius 2 is 1.79 bits per heavy atom. The van der Waals surface area contributed by atoms with Crippen LogP contribution in [0.4, 0.5) is 10.5 Å². The summed E-state index contributed by atoms with van der Waals surface area (Å²) >= 11 is 10.4. The van der Waals surface area contributed by atoms with Gasteiger partial charge >= 0.3 is 0 Å². The van der Waals surface area contributed by atoms with Crippen LogP contribution in [0, 0.1) is 0 Å². The number of nitrogens with one attached hydrogen (secondary N) is 1. The molecule has 172 valence electrons. The second-order valence-electron chi connectivity index (χ2n) is 7.25. The van der Waals surface area contributed by atoms with Crippen LogP contribution >= 0.6 is 39.3 Å². The van der Waals surface area contributed by atoms with Crippen molar-refractivity contribution >= 4 is 68.1 Å². The Morgan fingerprint density at radius 3 is 2.56 bits per heavy atom. The number of halogens is 2. The molecule has 0 spiro atoms. The minimum atomic E-state index is -0.384. The highest BCUT2D eigenvalue weighted by molar-refractivity contribution is 9.10. The first-order valence-corrected chi connectivity index (χ1v) is 12.2. The number of hydrogen-bond acceptors (Lipinski definition) is 5. The molecule has 0 aliphatic carbocycles. The lowest BCUT2D eigenvalue weighted by Gasteiger charge is -2.12. The first kappa shape index (κ1) is 24.1. The molecule has 0 unspecified atom stereocenters. The highest BCUT2D eigenvalue weighted by Gasteiger charge is 2.35. The lowest BCUT2D eigenvalue weighted by atomic mass is 10.1. The molecule has 6 nitrogen and oxygen atoms in total. The summed E-state index contributed by atoms with van der Waals surface area (Å²) in [5.74, 6) is -0.362. The lowest BCUT2D eigenvalue weighted by molar-refractivity contribution is -0.123. The number of anilines is 1. The molecule has 34 heavy (non-hydrogen) atoms. The van der Waals surface area contributed by atoms with Crippen molar-refractivity contribution in [3.63, 3.8) is 0 Å². The van der Waals surface area contributed by atoms with Gasteiger partial charge in [-0.3, -0.25) is 19.3 Å². The van der Waals surface area contributed by atoms with E-state index in [0.29, 0.717) is 22.0 Å². The molecule has 1 saturated heterocycles. The molecule has 3 aromatic rings. The molecule has 0 radical (unpaired) electrons. The average Bonchev–Trinajstić information content (AvgIpc) is 3.08. The fourth-order valence-electron chi connectivity index (χ4n) is 3.20. The first-order valence-electron chi connectivity index (χ1n) is 10.2. The molecular formula is C25H18BrClN2O4S. The zero-order valence-corrected chi connectivity index (χ0v) is 20.8. The summed E-state index contributed by atoms with van der Waals surface area (Å²) in [4.78, 5) is 39.2. The maximum atomic E-state index is 12.9. The summed E-state index contributed by atoms with van der Waals surface area (Å²) in [6.07, 6.45) is 1.60. The standard InChI is InChI=1S/C25H18BrClN2O4S/c26-18-10-11-21(33-15-23(30)28-20-9-5-4-8-19(20)27)17(12-18)13-22-24(31)29(25(32)34-22)14-16-6-2-1-3-7-16/h1-13H,14-15H2,(H,28,30)/b22-13-. The molecular weight excluding hydrogens is 540 g/mol. The summed E-state index contributed by atoms with van der Waals surface area (Å²) in [5.41, 5.74) is 1.91. The normalized spacial score (nSPS) is 14.5. The monoisotopic (exact) mass is 556 g/mol. The molecule has 3 amide bonds. The Hall–Kier alpha value is -3.07. The number of rotatable bonds is 7. The van der Waals surface area contributed by atoms with Crippen molar-refractivity contribution in [2.24, 2.45) is 0 Å². The molecule has 4 rings (SSSR count). The fourth-order valence-corrected chi connectivity index (χ4v) is 4.59. The third kappa shape index (κ3) is 5.88. The third-order valence-electron chi connectivity index (χ3n) is 4.82. The van der Waals surface area contributed by atoms with E-state index < -0.39 is 0 Å². The van der Waals surface area contributed by atoms with Gasteiger partial charge in [-0.2, -0.15) is 0 Å². The van der Waals surface area contributed by atoms with Gasteiger partial charge in [-0.15, -0.1) is 0 Å². The van der Waals surface area contributed by atoms with Gasteiger partial charge in [0.05, 0.1) is 22.2 Å². The third-order valence-corrected chi connectivity index (χ3v) is 6.55. The van der Waals surface area contributed by atoms with E-state index in [-0.39, 0.29) is 35.1 Å². The van der Waals surface area contributed by atoms with Crippen LogP contribution in [0.5, 0.6) is 5.75 Å². The predicted octanol–water partition coefficient (Wildman–Crippen LogP) is 6.36. The molecule has 3 aromatic carbocycles. The topological polar surface area (TPSA) is 75.7 Å². The van der Waals surface area contributed by atoms with E-state index in [9.17, 15) is 14.4 Å². The number of para-hydroxylation sites is 1. The zero-order valence-electron chi connectivity index (χ0n) is 17.7. The Labute approximate surface area is 214 Å². The van der Waals surface area contributed by atoms with Crippen LogP contribution in [-0.4, -0.2) is 28.6 Å². The highest BCUT2D eigenvalue weighted by atomic mass is 79.9. The van der Waals surface area contributed by atoms with Crippen LogP contribution < -0.4 is 10.1 Å². The summed E-state index contributed by atoms with van der Waals surface area (Å²) in [7, 11) is 0. The summed E-state index contributed by atoms with van der Waals surface area (Å²) in [6, 6.07) is 21.4. The number of benzene rings is 3. The minimum absolute atomic E-state index is 0.201. The van der Waals surface area contributed by atoms with Crippen LogP contribution in [-0.2, 0) is 16.1 Å². The molecule has 1 heterocycles. The number of hydrogen-bond donors (Lipinski definition) is 1. The van der Waals surface area contributed by atoms with E-state index in [4.69, 9.17) is 16.3 Å². The summed E-state index contributed by atoms with van der Waals surface area (Å²) in [5, 5.41) is 2.78. The van der Waals surface area contributed by atoms with Crippen LogP contribution in [0.1, 0.15) is 11.1 Å². The van der Waals surface area contributed by atoms with E-state index >= 15 is 0 Å². The number of carbonyl (C=O) groups is 3. The van der Waals surface area contributed by atoms with E-state index in [0.717, 1.165) is 21.8 Å². The molecule has 9 heteroatoms. The van der Waals surface area contributed by atoms with Crippen LogP contribution in [0.3, 0.4) is 0 Å². The van der Waals surface area contributed by atoms with Gasteiger partial charge in [0.25, 0.3) is 17.1 Å². The van der Waals surface area contributed by atoms with E-state index in [1.54, 1.807) is 48.5 Å². The second kappa shape index (κ2) is 10.9. The molecule has 0 saturated carbocycles. The molecule has 1 fully saturated rings. The molecule has 1 N–H and O–H groups in total. The Balaban J connectivity index is 1.48. The fraction of sp³-hybridized carbons (Fsp3) is 0.0800. The van der Waals surface area contributed by atoms with Crippen molar-refractivity contribution in [2.45, 2.75) is 6.54 Å². The highest BCUT2D eigenvalue weighted by Crippen LogP contribution is 2.35. The van der Waals surface area contributed by atoms with Crippen molar-refractivity contribution in [3.05, 3.63) is 98.3 Å².